The highest BCUT2D eigenvalue weighted by Gasteiger charge is 2.13. The molecule has 1 rings (SSSR count). The normalized spacial score (nSPS) is 12.2. The number of anilines is 1. The van der Waals surface area contributed by atoms with Crippen molar-refractivity contribution in [2.24, 2.45) is 5.92 Å². The van der Waals surface area contributed by atoms with Gasteiger partial charge in [-0.2, -0.15) is 0 Å². The summed E-state index contributed by atoms with van der Waals surface area (Å²) in [6.07, 6.45) is 0.507. The first-order chi connectivity index (χ1) is 8.52. The highest BCUT2D eigenvalue weighted by molar-refractivity contribution is 5.76. The third-order valence-electron chi connectivity index (χ3n) is 2.77. The first-order valence-corrected chi connectivity index (χ1v) is 6.10. The molecule has 0 spiro atoms. The number of hydrogen-bond acceptors (Lipinski definition) is 3. The summed E-state index contributed by atoms with van der Waals surface area (Å²) in [4.78, 5) is 13.7. The Hall–Kier alpha value is -1.55. The van der Waals surface area contributed by atoms with Crippen LogP contribution in [0, 0.1) is 5.92 Å². The Balaban J connectivity index is 2.49. The predicted octanol–water partition coefficient (Wildman–Crippen LogP) is 1.90. The lowest BCUT2D eigenvalue weighted by molar-refractivity contribution is -0.131. The van der Waals surface area contributed by atoms with Crippen LogP contribution in [0.3, 0.4) is 0 Å². The average molecular weight is 250 g/mol. The number of nitrogen functional groups attached to an aromatic ring is 1. The minimum Gasteiger partial charge on any atom is -0.399 e. The molecule has 2 N–H and O–H groups in total. The van der Waals surface area contributed by atoms with E-state index < -0.39 is 0 Å². The van der Waals surface area contributed by atoms with E-state index >= 15 is 0 Å². The first-order valence-electron chi connectivity index (χ1n) is 6.10. The zero-order chi connectivity index (χ0) is 13.5. The van der Waals surface area contributed by atoms with E-state index in [2.05, 4.69) is 0 Å². The zero-order valence-corrected chi connectivity index (χ0v) is 11.3. The van der Waals surface area contributed by atoms with Crippen molar-refractivity contribution in [3.05, 3.63) is 29.8 Å². The van der Waals surface area contributed by atoms with Crippen molar-refractivity contribution in [3.8, 4) is 0 Å². The van der Waals surface area contributed by atoms with Gasteiger partial charge in [-0.15, -0.1) is 0 Å². The van der Waals surface area contributed by atoms with Crippen LogP contribution in [0.1, 0.15) is 18.9 Å². The van der Waals surface area contributed by atoms with Crippen molar-refractivity contribution >= 4 is 11.6 Å². The monoisotopic (exact) mass is 250 g/mol. The van der Waals surface area contributed by atoms with Crippen molar-refractivity contribution in [3.63, 3.8) is 0 Å². The summed E-state index contributed by atoms with van der Waals surface area (Å²) in [5.41, 5.74) is 7.48. The van der Waals surface area contributed by atoms with Crippen molar-refractivity contribution in [2.75, 3.05) is 26.5 Å². The zero-order valence-electron chi connectivity index (χ0n) is 11.3. The topological polar surface area (TPSA) is 55.6 Å². The van der Waals surface area contributed by atoms with Crippen molar-refractivity contribution in [1.29, 1.82) is 0 Å². The Kier molecular flexibility index (Phi) is 5.65. The van der Waals surface area contributed by atoms with Crippen LogP contribution in [0.5, 0.6) is 0 Å². The highest BCUT2D eigenvalue weighted by atomic mass is 16.5. The van der Waals surface area contributed by atoms with Gasteiger partial charge in [-0.3, -0.25) is 4.79 Å². The number of nitrogens with zero attached hydrogens (tertiary/aromatic N) is 1. The van der Waals surface area contributed by atoms with Gasteiger partial charge >= 0.3 is 0 Å². The molecule has 1 amide bonds. The van der Waals surface area contributed by atoms with E-state index in [4.69, 9.17) is 10.5 Å². The van der Waals surface area contributed by atoms with E-state index in [1.54, 1.807) is 12.0 Å². The fraction of sp³-hybridized carbons (Fsp3) is 0.500. The van der Waals surface area contributed by atoms with Crippen LogP contribution >= 0.6 is 0 Å². The van der Waals surface area contributed by atoms with Gasteiger partial charge in [0.15, 0.2) is 0 Å². The second-order valence-corrected chi connectivity index (χ2v) is 4.76. The minimum atomic E-state index is 0.127. The molecular weight excluding hydrogens is 228 g/mol. The van der Waals surface area contributed by atoms with E-state index in [0.29, 0.717) is 19.6 Å². The molecule has 0 heterocycles. The van der Waals surface area contributed by atoms with E-state index in [9.17, 15) is 4.79 Å². The number of carbonyl (C=O) groups is 1. The predicted molar refractivity (Wildman–Crippen MR) is 73.0 cm³/mol. The summed E-state index contributed by atoms with van der Waals surface area (Å²) in [6, 6.07) is 7.60. The Bertz CT molecular complexity index is 393. The lowest BCUT2D eigenvalue weighted by Gasteiger charge is -2.19. The lowest BCUT2D eigenvalue weighted by atomic mass is 10.1. The Morgan fingerprint density at radius 2 is 2.22 bits per heavy atom. The number of benzene rings is 1. The van der Waals surface area contributed by atoms with Crippen molar-refractivity contribution in [2.45, 2.75) is 19.9 Å². The summed E-state index contributed by atoms with van der Waals surface area (Å²) in [5.74, 6) is 0.368. The fourth-order valence-corrected chi connectivity index (χ4v) is 1.85. The maximum atomic E-state index is 12.0. The summed E-state index contributed by atoms with van der Waals surface area (Å²) < 4.78 is 5.03. The summed E-state index contributed by atoms with van der Waals surface area (Å²) in [5, 5.41) is 0. The first kappa shape index (κ1) is 14.5. The Morgan fingerprint density at radius 3 is 2.83 bits per heavy atom. The van der Waals surface area contributed by atoms with Gasteiger partial charge in [-0.1, -0.05) is 19.1 Å². The fourth-order valence-electron chi connectivity index (χ4n) is 1.85. The number of rotatable bonds is 6. The number of methoxy groups -OCH3 is 1. The van der Waals surface area contributed by atoms with Gasteiger partial charge in [0.05, 0.1) is 0 Å². The van der Waals surface area contributed by atoms with Crippen LogP contribution in [0.2, 0.25) is 0 Å². The summed E-state index contributed by atoms with van der Waals surface area (Å²) in [6.45, 7) is 3.21. The average Bonchev–Trinajstić information content (AvgIpc) is 2.29. The second kappa shape index (κ2) is 7.01. The van der Waals surface area contributed by atoms with Crippen molar-refractivity contribution in [1.82, 2.24) is 4.90 Å². The van der Waals surface area contributed by atoms with Crippen LogP contribution in [0.4, 0.5) is 5.69 Å². The molecule has 4 nitrogen and oxygen atoms in total. The lowest BCUT2D eigenvalue weighted by Crippen LogP contribution is -2.28. The molecular formula is C14H22N2O2. The molecule has 1 unspecified atom stereocenters. The van der Waals surface area contributed by atoms with Gasteiger partial charge in [0, 0.05) is 39.4 Å². The largest absolute Gasteiger partial charge is 0.399 e. The van der Waals surface area contributed by atoms with Crippen LogP contribution in [-0.2, 0) is 16.1 Å². The molecule has 1 atom stereocenters. The molecule has 0 radical (unpaired) electrons. The number of nitrogens with two attached hydrogens (primary N) is 1. The molecule has 0 aliphatic rings. The molecule has 0 saturated heterocycles. The van der Waals surface area contributed by atoms with Crippen LogP contribution in [0.25, 0.3) is 0 Å². The molecule has 4 heteroatoms. The third-order valence-corrected chi connectivity index (χ3v) is 2.77. The molecule has 100 valence electrons. The van der Waals surface area contributed by atoms with Crippen molar-refractivity contribution < 1.29 is 9.53 Å². The van der Waals surface area contributed by atoms with E-state index in [1.807, 2.05) is 38.2 Å². The number of carbonyl (C=O) groups excluding carboxylic acids is 1. The number of hydrogen-bond donors (Lipinski definition) is 1. The smallest absolute Gasteiger partial charge is 0.222 e. The molecule has 1 aromatic carbocycles. The molecule has 0 fully saturated rings. The number of ether oxygens (including phenoxy) is 1. The number of amides is 1. The summed E-state index contributed by atoms with van der Waals surface area (Å²) in [7, 11) is 3.46. The van der Waals surface area contributed by atoms with Gasteiger partial charge in [-0.25, -0.2) is 0 Å². The van der Waals surface area contributed by atoms with Gasteiger partial charge in [0.1, 0.15) is 0 Å². The van der Waals surface area contributed by atoms with Crippen LogP contribution in [0.15, 0.2) is 24.3 Å². The van der Waals surface area contributed by atoms with Gasteiger partial charge < -0.3 is 15.4 Å². The maximum absolute atomic E-state index is 12.0. The van der Waals surface area contributed by atoms with Crippen LogP contribution < -0.4 is 5.73 Å². The maximum Gasteiger partial charge on any atom is 0.222 e. The summed E-state index contributed by atoms with van der Waals surface area (Å²) >= 11 is 0. The van der Waals surface area contributed by atoms with E-state index in [0.717, 1.165) is 11.3 Å². The quantitative estimate of drug-likeness (QED) is 0.784. The molecule has 0 saturated carbocycles. The molecule has 0 aromatic heterocycles. The molecule has 0 bridgehead atoms. The van der Waals surface area contributed by atoms with Crippen LogP contribution in [-0.4, -0.2) is 31.6 Å². The standard InChI is InChI=1S/C14H22N2O2/c1-11(10-18-3)7-14(17)16(2)9-12-5-4-6-13(15)8-12/h4-6,8,11H,7,9-10,15H2,1-3H3. The molecule has 18 heavy (non-hydrogen) atoms. The molecule has 0 aliphatic heterocycles. The SMILES string of the molecule is COCC(C)CC(=O)N(C)Cc1cccc(N)c1. The molecule has 1 aromatic rings. The van der Waals surface area contributed by atoms with E-state index in [-0.39, 0.29) is 11.8 Å². The third kappa shape index (κ3) is 4.75. The van der Waals surface area contributed by atoms with Gasteiger partial charge in [0.25, 0.3) is 0 Å². The second-order valence-electron chi connectivity index (χ2n) is 4.76. The molecule has 0 aliphatic carbocycles. The Morgan fingerprint density at radius 1 is 1.50 bits per heavy atom. The minimum absolute atomic E-state index is 0.127. The Labute approximate surface area is 109 Å². The van der Waals surface area contributed by atoms with Gasteiger partial charge in [0.2, 0.25) is 5.91 Å². The van der Waals surface area contributed by atoms with E-state index in [1.165, 1.54) is 0 Å². The van der Waals surface area contributed by atoms with Gasteiger partial charge in [-0.05, 0) is 23.6 Å². The highest BCUT2D eigenvalue weighted by Crippen LogP contribution is 2.11.